The van der Waals surface area contributed by atoms with Crippen LogP contribution < -0.4 is 0 Å². The van der Waals surface area contributed by atoms with Crippen LogP contribution in [0, 0.1) is 0 Å². The highest BCUT2D eigenvalue weighted by Crippen LogP contribution is 2.26. The molecule has 0 radical (unpaired) electrons. The Bertz CT molecular complexity index is 690. The molecule has 0 aliphatic rings. The lowest BCUT2D eigenvalue weighted by atomic mass is 10.1. The number of carboxylic acid groups (broad SMARTS) is 1. The highest BCUT2D eigenvalue weighted by molar-refractivity contribution is 7.15. The number of aromatic carboxylic acids is 1. The van der Waals surface area contributed by atoms with Gasteiger partial charge in [0.1, 0.15) is 5.69 Å². The predicted molar refractivity (Wildman–Crippen MR) is 72.7 cm³/mol. The molecule has 1 N–H and O–H groups in total. The van der Waals surface area contributed by atoms with Crippen LogP contribution in [-0.2, 0) is 0 Å². The van der Waals surface area contributed by atoms with E-state index in [1.165, 1.54) is 11.3 Å². The van der Waals surface area contributed by atoms with Crippen molar-refractivity contribution >= 4 is 34.7 Å². The van der Waals surface area contributed by atoms with Gasteiger partial charge in [0.2, 0.25) is 0 Å². The van der Waals surface area contributed by atoms with Crippen LogP contribution >= 0.6 is 23.7 Å². The number of carboxylic acids is 1. The fourth-order valence-electron chi connectivity index (χ4n) is 1.79. The van der Waals surface area contributed by atoms with Crippen molar-refractivity contribution in [3.63, 3.8) is 0 Å². The molecule has 0 unspecified atom stereocenters. The number of imidazole rings is 1. The Morgan fingerprint density at radius 1 is 1.28 bits per heavy atom. The van der Waals surface area contributed by atoms with Crippen LogP contribution in [0.1, 0.15) is 10.5 Å². The number of hydrogen-bond acceptors (Lipinski definition) is 3. The van der Waals surface area contributed by atoms with E-state index in [0.717, 1.165) is 5.56 Å². The number of benzene rings is 1. The summed E-state index contributed by atoms with van der Waals surface area (Å²) in [5.74, 6) is -0.963. The Labute approximate surface area is 113 Å². The second-order valence-electron chi connectivity index (χ2n) is 3.54. The van der Waals surface area contributed by atoms with Gasteiger partial charge in [-0.15, -0.1) is 23.7 Å². The minimum atomic E-state index is -0.963. The van der Waals surface area contributed by atoms with Crippen LogP contribution in [0.2, 0.25) is 0 Å². The first kappa shape index (κ1) is 12.6. The van der Waals surface area contributed by atoms with Gasteiger partial charge >= 0.3 is 5.97 Å². The van der Waals surface area contributed by atoms with Crippen LogP contribution in [0.5, 0.6) is 0 Å². The molecule has 4 nitrogen and oxygen atoms in total. The van der Waals surface area contributed by atoms with Crippen molar-refractivity contribution in [3.05, 3.63) is 47.6 Å². The molecular formula is C12H9ClN2O2S. The minimum absolute atomic E-state index is 0. The molecule has 0 aliphatic heterocycles. The van der Waals surface area contributed by atoms with Gasteiger partial charge in [-0.2, -0.15) is 0 Å². The van der Waals surface area contributed by atoms with E-state index in [1.54, 1.807) is 10.6 Å². The lowest BCUT2D eigenvalue weighted by molar-refractivity contribution is 0.0690. The van der Waals surface area contributed by atoms with Crippen molar-refractivity contribution in [2.24, 2.45) is 0 Å². The molecule has 0 aliphatic carbocycles. The Morgan fingerprint density at radius 3 is 2.67 bits per heavy atom. The third-order valence-corrected chi connectivity index (χ3v) is 3.27. The molecular weight excluding hydrogens is 272 g/mol. The summed E-state index contributed by atoms with van der Waals surface area (Å²) in [5, 5.41) is 11.1. The Balaban J connectivity index is 0.00000120. The largest absolute Gasteiger partial charge is 0.476 e. The predicted octanol–water partition coefficient (Wildman–Crippen LogP) is 3.18. The van der Waals surface area contributed by atoms with E-state index in [9.17, 15) is 9.90 Å². The second-order valence-corrected chi connectivity index (χ2v) is 4.41. The molecule has 18 heavy (non-hydrogen) atoms. The molecule has 2 heterocycles. The maximum absolute atomic E-state index is 11.3. The summed E-state index contributed by atoms with van der Waals surface area (Å²) < 4.78 is 1.61. The molecule has 1 aromatic carbocycles. The zero-order valence-corrected chi connectivity index (χ0v) is 10.7. The minimum Gasteiger partial charge on any atom is -0.476 e. The topological polar surface area (TPSA) is 54.6 Å². The van der Waals surface area contributed by atoms with Crippen LogP contribution in [0.25, 0.3) is 16.2 Å². The lowest BCUT2D eigenvalue weighted by Gasteiger charge is -1.98. The smallest absolute Gasteiger partial charge is 0.355 e. The standard InChI is InChI=1S/C12H8N2O2S.ClH/c15-11(16)10-9(8-4-2-1-3-5-8)13-12-14(10)6-7-17-12;/h1-7H,(H,15,16);1H. The van der Waals surface area contributed by atoms with E-state index in [0.29, 0.717) is 10.7 Å². The zero-order valence-electron chi connectivity index (χ0n) is 9.11. The first-order valence-electron chi connectivity index (χ1n) is 5.01. The van der Waals surface area contributed by atoms with E-state index in [1.807, 2.05) is 35.7 Å². The van der Waals surface area contributed by atoms with Gasteiger partial charge in [0, 0.05) is 17.1 Å². The number of halogens is 1. The molecule has 3 rings (SSSR count). The SMILES string of the molecule is Cl.O=C(O)c1c(-c2ccccc2)nc2sccn12. The van der Waals surface area contributed by atoms with E-state index in [-0.39, 0.29) is 18.1 Å². The van der Waals surface area contributed by atoms with E-state index in [4.69, 9.17) is 0 Å². The van der Waals surface area contributed by atoms with E-state index in [2.05, 4.69) is 4.98 Å². The van der Waals surface area contributed by atoms with E-state index < -0.39 is 5.97 Å². The van der Waals surface area contributed by atoms with Gasteiger partial charge in [0.15, 0.2) is 10.7 Å². The fraction of sp³-hybridized carbons (Fsp3) is 0. The summed E-state index contributed by atoms with van der Waals surface area (Å²) in [4.78, 5) is 16.4. The molecule has 3 aromatic rings. The monoisotopic (exact) mass is 280 g/mol. The molecule has 0 saturated carbocycles. The van der Waals surface area contributed by atoms with Crippen molar-refractivity contribution < 1.29 is 9.90 Å². The van der Waals surface area contributed by atoms with Gasteiger partial charge in [0.05, 0.1) is 0 Å². The van der Waals surface area contributed by atoms with Gasteiger partial charge in [-0.05, 0) is 0 Å². The van der Waals surface area contributed by atoms with Crippen molar-refractivity contribution in [1.29, 1.82) is 0 Å². The Kier molecular flexibility index (Phi) is 3.36. The highest BCUT2D eigenvalue weighted by atomic mass is 35.5. The highest BCUT2D eigenvalue weighted by Gasteiger charge is 2.20. The summed E-state index contributed by atoms with van der Waals surface area (Å²) in [5.41, 5.74) is 1.55. The number of aromatic nitrogens is 2. The third-order valence-electron chi connectivity index (χ3n) is 2.51. The molecule has 0 saturated heterocycles. The van der Waals surface area contributed by atoms with Gasteiger partial charge in [0.25, 0.3) is 0 Å². The lowest BCUT2D eigenvalue weighted by Crippen LogP contribution is -2.02. The average Bonchev–Trinajstić information content (AvgIpc) is 2.88. The molecule has 92 valence electrons. The van der Waals surface area contributed by atoms with Crippen molar-refractivity contribution in [3.8, 4) is 11.3 Å². The number of carbonyl (C=O) groups is 1. The number of hydrogen-bond donors (Lipinski definition) is 1. The third kappa shape index (κ3) is 1.87. The quantitative estimate of drug-likeness (QED) is 0.784. The summed E-state index contributed by atoms with van der Waals surface area (Å²) >= 11 is 1.42. The summed E-state index contributed by atoms with van der Waals surface area (Å²) in [7, 11) is 0. The number of thiazole rings is 1. The maximum atomic E-state index is 11.3. The van der Waals surface area contributed by atoms with Crippen LogP contribution in [0.4, 0.5) is 0 Å². The van der Waals surface area contributed by atoms with Crippen molar-refractivity contribution in [1.82, 2.24) is 9.38 Å². The van der Waals surface area contributed by atoms with Crippen LogP contribution in [0.3, 0.4) is 0 Å². The Morgan fingerprint density at radius 2 is 2.00 bits per heavy atom. The molecule has 0 bridgehead atoms. The van der Waals surface area contributed by atoms with Gasteiger partial charge < -0.3 is 5.11 Å². The normalized spacial score (nSPS) is 10.2. The van der Waals surface area contributed by atoms with E-state index >= 15 is 0 Å². The molecule has 6 heteroatoms. The molecule has 2 aromatic heterocycles. The van der Waals surface area contributed by atoms with Gasteiger partial charge in [-0.25, -0.2) is 9.78 Å². The molecule has 0 atom stereocenters. The fourth-order valence-corrected chi connectivity index (χ4v) is 2.50. The number of fused-ring (bicyclic) bond motifs is 1. The molecule has 0 amide bonds. The van der Waals surface area contributed by atoms with Gasteiger partial charge in [-0.3, -0.25) is 4.40 Å². The van der Waals surface area contributed by atoms with Gasteiger partial charge in [-0.1, -0.05) is 30.3 Å². The van der Waals surface area contributed by atoms with Crippen molar-refractivity contribution in [2.45, 2.75) is 0 Å². The zero-order chi connectivity index (χ0) is 11.8. The molecule has 0 spiro atoms. The van der Waals surface area contributed by atoms with Crippen LogP contribution in [-0.4, -0.2) is 20.5 Å². The first-order valence-corrected chi connectivity index (χ1v) is 5.89. The van der Waals surface area contributed by atoms with Crippen molar-refractivity contribution in [2.75, 3.05) is 0 Å². The summed E-state index contributed by atoms with van der Waals surface area (Å²) in [6.45, 7) is 0. The Hall–Kier alpha value is -1.85. The number of rotatable bonds is 2. The number of nitrogens with zero attached hydrogens (tertiary/aromatic N) is 2. The maximum Gasteiger partial charge on any atom is 0.355 e. The summed E-state index contributed by atoms with van der Waals surface area (Å²) in [6, 6.07) is 9.35. The average molecular weight is 281 g/mol. The summed E-state index contributed by atoms with van der Waals surface area (Å²) in [6.07, 6.45) is 1.73. The van der Waals surface area contributed by atoms with Crippen LogP contribution in [0.15, 0.2) is 41.9 Å². The second kappa shape index (κ2) is 4.80. The molecule has 0 fully saturated rings. The first-order chi connectivity index (χ1) is 8.27.